The zero-order valence-electron chi connectivity index (χ0n) is 21.0. The van der Waals surface area contributed by atoms with E-state index in [2.05, 4.69) is 81.4 Å². The van der Waals surface area contributed by atoms with Crippen molar-refractivity contribution in [3.63, 3.8) is 0 Å². The highest BCUT2D eigenvalue weighted by molar-refractivity contribution is 5.71. The lowest BCUT2D eigenvalue weighted by Crippen LogP contribution is -1.98. The van der Waals surface area contributed by atoms with E-state index in [-0.39, 0.29) is 6.61 Å². The molecule has 0 aliphatic carbocycles. The molecule has 0 bridgehead atoms. The van der Waals surface area contributed by atoms with Crippen molar-refractivity contribution >= 4 is 0 Å². The highest BCUT2D eigenvalue weighted by Gasteiger charge is 2.10. The molecule has 1 N–H and O–H groups in total. The summed E-state index contributed by atoms with van der Waals surface area (Å²) in [5, 5.41) is 9.15. The van der Waals surface area contributed by atoms with Gasteiger partial charge in [-0.15, -0.1) is 0 Å². The number of unbranched alkanes of at least 4 members (excludes halogenated alkanes) is 2. The molecule has 1 nitrogen and oxygen atoms in total. The summed E-state index contributed by atoms with van der Waals surface area (Å²) < 4.78 is 0. The van der Waals surface area contributed by atoms with Gasteiger partial charge in [-0.1, -0.05) is 94.3 Å². The lowest BCUT2D eigenvalue weighted by Gasteiger charge is -2.16. The molecule has 0 aliphatic rings. The molecule has 0 unspecified atom stereocenters. The SMILES string of the molecule is CCCCCc1ccc(CCc2ccc(-c3ccc(CCCO)cc3CC)c(CC)c2)cc1. The van der Waals surface area contributed by atoms with Gasteiger partial charge in [-0.05, 0) is 95.9 Å². The second-order valence-corrected chi connectivity index (χ2v) is 9.29. The monoisotopic (exact) mass is 442 g/mol. The van der Waals surface area contributed by atoms with Crippen LogP contribution in [0.3, 0.4) is 0 Å². The molecule has 0 saturated carbocycles. The van der Waals surface area contributed by atoms with Crippen LogP contribution in [0.15, 0.2) is 60.7 Å². The number of aryl methyl sites for hydroxylation is 6. The van der Waals surface area contributed by atoms with Crippen molar-refractivity contribution in [3.05, 3.63) is 94.0 Å². The fraction of sp³-hybridized carbons (Fsp3) is 0.438. The molecule has 3 aromatic rings. The highest BCUT2D eigenvalue weighted by atomic mass is 16.2. The number of hydrogen-bond donors (Lipinski definition) is 1. The van der Waals surface area contributed by atoms with Crippen molar-refractivity contribution in [2.24, 2.45) is 0 Å². The van der Waals surface area contributed by atoms with Crippen molar-refractivity contribution in [1.82, 2.24) is 0 Å². The predicted molar refractivity (Wildman–Crippen MR) is 143 cm³/mol. The van der Waals surface area contributed by atoms with Crippen molar-refractivity contribution in [2.75, 3.05) is 6.61 Å². The van der Waals surface area contributed by atoms with Crippen LogP contribution in [0.2, 0.25) is 0 Å². The maximum Gasteiger partial charge on any atom is 0.0434 e. The molecule has 33 heavy (non-hydrogen) atoms. The summed E-state index contributed by atoms with van der Waals surface area (Å²) in [6.07, 6.45) is 11.2. The van der Waals surface area contributed by atoms with E-state index in [1.807, 2.05) is 0 Å². The van der Waals surface area contributed by atoms with Crippen LogP contribution in [-0.4, -0.2) is 11.7 Å². The molecule has 3 rings (SSSR count). The van der Waals surface area contributed by atoms with Crippen molar-refractivity contribution in [2.45, 2.75) is 85.0 Å². The Hall–Kier alpha value is -2.38. The lowest BCUT2D eigenvalue weighted by atomic mass is 9.89. The van der Waals surface area contributed by atoms with Gasteiger partial charge in [-0.25, -0.2) is 0 Å². The van der Waals surface area contributed by atoms with Gasteiger partial charge in [0, 0.05) is 6.61 Å². The Labute approximate surface area is 201 Å². The molecule has 0 aliphatic heterocycles. The van der Waals surface area contributed by atoms with E-state index in [0.29, 0.717) is 0 Å². The van der Waals surface area contributed by atoms with Gasteiger partial charge in [0.15, 0.2) is 0 Å². The van der Waals surface area contributed by atoms with Gasteiger partial charge in [-0.3, -0.25) is 0 Å². The number of aliphatic hydroxyl groups is 1. The summed E-state index contributed by atoms with van der Waals surface area (Å²) in [6.45, 7) is 7.03. The largest absolute Gasteiger partial charge is 0.396 e. The molecule has 0 radical (unpaired) electrons. The molecule has 0 aromatic heterocycles. The maximum absolute atomic E-state index is 9.15. The quantitative estimate of drug-likeness (QED) is 0.267. The Morgan fingerprint density at radius 2 is 0.970 bits per heavy atom. The zero-order valence-corrected chi connectivity index (χ0v) is 21.0. The van der Waals surface area contributed by atoms with Gasteiger partial charge in [0.2, 0.25) is 0 Å². The summed E-state index contributed by atoms with van der Waals surface area (Å²) >= 11 is 0. The first kappa shape index (κ1) is 25.2. The van der Waals surface area contributed by atoms with E-state index in [9.17, 15) is 0 Å². The summed E-state index contributed by atoms with van der Waals surface area (Å²) in [7, 11) is 0. The summed E-state index contributed by atoms with van der Waals surface area (Å²) in [5.74, 6) is 0. The van der Waals surface area contributed by atoms with Crippen LogP contribution in [-0.2, 0) is 38.5 Å². The minimum absolute atomic E-state index is 0.258. The molecular weight excluding hydrogens is 400 g/mol. The third kappa shape index (κ3) is 7.30. The Balaban J connectivity index is 1.70. The normalized spacial score (nSPS) is 11.2. The van der Waals surface area contributed by atoms with Gasteiger partial charge in [0.05, 0.1) is 0 Å². The standard InChI is InChI=1S/C32H42O/c1-4-7-8-10-25-12-14-26(15-13-25)16-17-28-19-21-32(30(6-3)24-28)31-20-18-27(11-9-22-33)23-29(31)5-2/h12-15,18-21,23-24,33H,4-11,16-17,22H2,1-3H3. The molecule has 3 aromatic carbocycles. The van der Waals surface area contributed by atoms with Crippen LogP contribution < -0.4 is 0 Å². The van der Waals surface area contributed by atoms with Crippen LogP contribution in [0.25, 0.3) is 11.1 Å². The highest BCUT2D eigenvalue weighted by Crippen LogP contribution is 2.30. The van der Waals surface area contributed by atoms with Gasteiger partial charge in [0.1, 0.15) is 0 Å². The molecule has 1 heteroatoms. The van der Waals surface area contributed by atoms with Crippen LogP contribution in [0.5, 0.6) is 0 Å². The maximum atomic E-state index is 9.15. The Morgan fingerprint density at radius 3 is 1.48 bits per heavy atom. The number of hydrogen-bond acceptors (Lipinski definition) is 1. The molecule has 0 saturated heterocycles. The molecular formula is C32H42O. The first-order valence-corrected chi connectivity index (χ1v) is 13.1. The Bertz CT molecular complexity index is 984. The van der Waals surface area contributed by atoms with Gasteiger partial charge < -0.3 is 5.11 Å². The Morgan fingerprint density at radius 1 is 0.515 bits per heavy atom. The van der Waals surface area contributed by atoms with Crippen molar-refractivity contribution in [1.29, 1.82) is 0 Å². The summed E-state index contributed by atoms with van der Waals surface area (Å²) in [4.78, 5) is 0. The smallest absolute Gasteiger partial charge is 0.0434 e. The van der Waals surface area contributed by atoms with E-state index in [0.717, 1.165) is 38.5 Å². The van der Waals surface area contributed by atoms with E-state index in [1.54, 1.807) is 0 Å². The number of benzene rings is 3. The molecule has 0 spiro atoms. The minimum atomic E-state index is 0.258. The zero-order chi connectivity index (χ0) is 23.5. The van der Waals surface area contributed by atoms with E-state index in [4.69, 9.17) is 5.11 Å². The Kier molecular flexibility index (Phi) is 10.2. The van der Waals surface area contributed by atoms with Crippen LogP contribution in [0, 0.1) is 0 Å². The fourth-order valence-electron chi connectivity index (χ4n) is 4.74. The third-order valence-corrected chi connectivity index (χ3v) is 6.81. The molecule has 0 atom stereocenters. The van der Waals surface area contributed by atoms with E-state index in [1.165, 1.54) is 70.2 Å². The van der Waals surface area contributed by atoms with Crippen molar-refractivity contribution < 1.29 is 5.11 Å². The fourth-order valence-corrected chi connectivity index (χ4v) is 4.74. The minimum Gasteiger partial charge on any atom is -0.396 e. The van der Waals surface area contributed by atoms with Gasteiger partial charge >= 0.3 is 0 Å². The first-order chi connectivity index (χ1) is 16.2. The summed E-state index contributed by atoms with van der Waals surface area (Å²) in [5.41, 5.74) is 11.3. The van der Waals surface area contributed by atoms with Gasteiger partial charge in [0.25, 0.3) is 0 Å². The van der Waals surface area contributed by atoms with Gasteiger partial charge in [-0.2, -0.15) is 0 Å². The first-order valence-electron chi connectivity index (χ1n) is 13.1. The second kappa shape index (κ2) is 13.4. The number of aliphatic hydroxyl groups excluding tert-OH is 1. The van der Waals surface area contributed by atoms with E-state index < -0.39 is 0 Å². The lowest BCUT2D eigenvalue weighted by molar-refractivity contribution is 0.288. The molecule has 176 valence electrons. The van der Waals surface area contributed by atoms with Crippen LogP contribution >= 0.6 is 0 Å². The third-order valence-electron chi connectivity index (χ3n) is 6.81. The number of rotatable bonds is 13. The van der Waals surface area contributed by atoms with E-state index >= 15 is 0 Å². The van der Waals surface area contributed by atoms with Crippen LogP contribution in [0.4, 0.5) is 0 Å². The average Bonchev–Trinajstić information content (AvgIpc) is 2.86. The second-order valence-electron chi connectivity index (χ2n) is 9.29. The topological polar surface area (TPSA) is 20.2 Å². The predicted octanol–water partition coefficient (Wildman–Crippen LogP) is 7.92. The summed E-state index contributed by atoms with van der Waals surface area (Å²) in [6, 6.07) is 23.2. The average molecular weight is 443 g/mol. The molecule has 0 amide bonds. The van der Waals surface area contributed by atoms with Crippen molar-refractivity contribution in [3.8, 4) is 11.1 Å². The molecule has 0 heterocycles. The van der Waals surface area contributed by atoms with Crippen LogP contribution in [0.1, 0.15) is 79.8 Å². The molecule has 0 fully saturated rings.